The van der Waals surface area contributed by atoms with Crippen molar-refractivity contribution in [1.82, 2.24) is 0 Å². The zero-order chi connectivity index (χ0) is 32.5. The van der Waals surface area contributed by atoms with Gasteiger partial charge in [0.25, 0.3) is 6.71 Å². The van der Waals surface area contributed by atoms with Crippen molar-refractivity contribution in [2.75, 3.05) is 10.2 Å². The number of hydrogen-bond donors (Lipinski definition) is 1. The van der Waals surface area contributed by atoms with Crippen molar-refractivity contribution >= 4 is 51.5 Å². The van der Waals surface area contributed by atoms with Gasteiger partial charge < -0.3 is 19.7 Å². The van der Waals surface area contributed by atoms with E-state index in [-0.39, 0.29) is 17.5 Å². The van der Waals surface area contributed by atoms with Crippen LogP contribution in [0.25, 0.3) is 0 Å². The van der Waals surface area contributed by atoms with Crippen molar-refractivity contribution in [1.29, 1.82) is 0 Å². The maximum absolute atomic E-state index is 6.75. The molecule has 232 valence electrons. The summed E-state index contributed by atoms with van der Waals surface area (Å²) in [5.74, 6) is 3.70. The van der Waals surface area contributed by atoms with Gasteiger partial charge in [-0.1, -0.05) is 82.3 Å². The molecule has 48 heavy (non-hydrogen) atoms. The van der Waals surface area contributed by atoms with Gasteiger partial charge in [-0.15, -0.1) is 0 Å². The van der Waals surface area contributed by atoms with Crippen molar-refractivity contribution < 1.29 is 9.47 Å². The predicted molar refractivity (Wildman–Crippen MR) is 198 cm³/mol. The Labute approximate surface area is 282 Å². The van der Waals surface area contributed by atoms with E-state index >= 15 is 0 Å². The minimum atomic E-state index is -0.239. The third kappa shape index (κ3) is 3.62. The Morgan fingerprint density at radius 2 is 1.12 bits per heavy atom. The summed E-state index contributed by atoms with van der Waals surface area (Å²) in [5, 5.41) is 3.91. The third-order valence-electron chi connectivity index (χ3n) is 11.2. The van der Waals surface area contributed by atoms with E-state index in [0.717, 1.165) is 40.1 Å². The van der Waals surface area contributed by atoms with Gasteiger partial charge in [0.1, 0.15) is 23.0 Å². The largest absolute Gasteiger partial charge is 0.457 e. The van der Waals surface area contributed by atoms with E-state index in [1.54, 1.807) is 0 Å². The summed E-state index contributed by atoms with van der Waals surface area (Å²) in [6.45, 7) is 11.4. The molecule has 6 aromatic rings. The van der Waals surface area contributed by atoms with Gasteiger partial charge in [0.2, 0.25) is 0 Å². The zero-order valence-electron chi connectivity index (χ0n) is 27.8. The second-order valence-corrected chi connectivity index (χ2v) is 14.8. The van der Waals surface area contributed by atoms with Crippen molar-refractivity contribution in [3.63, 3.8) is 0 Å². The van der Waals surface area contributed by atoms with Gasteiger partial charge in [-0.2, -0.15) is 0 Å². The Morgan fingerprint density at radius 1 is 0.542 bits per heavy atom. The van der Waals surface area contributed by atoms with Crippen LogP contribution in [0.3, 0.4) is 0 Å². The van der Waals surface area contributed by atoms with Crippen LogP contribution in [0.4, 0.5) is 28.4 Å². The fraction of sp³-hybridized carbons (Fsp3) is 0.163. The fourth-order valence-electron chi connectivity index (χ4n) is 8.75. The highest BCUT2D eigenvalue weighted by Gasteiger charge is 2.45. The van der Waals surface area contributed by atoms with Crippen molar-refractivity contribution in [3.8, 4) is 23.0 Å². The molecule has 6 aromatic carbocycles. The lowest BCUT2D eigenvalue weighted by atomic mass is 9.33. The molecule has 5 heteroatoms. The normalized spacial score (nSPS) is 16.4. The van der Waals surface area contributed by atoms with E-state index in [9.17, 15) is 0 Å². The molecule has 0 radical (unpaired) electrons. The SMILES string of the molecule is Cc1cc2c3c(c1)N(c1ccccc1)c1cc4c(cc1B3c1cc3c(cc1N2)C(C)(C)c1ccccc1O3)Oc1ccccc1C4(C)C. The number of para-hydroxylation sites is 3. The molecule has 1 N–H and O–H groups in total. The van der Waals surface area contributed by atoms with Gasteiger partial charge in [0, 0.05) is 61.5 Å². The molecular weight excluding hydrogens is 587 g/mol. The van der Waals surface area contributed by atoms with Crippen molar-refractivity contribution in [3.05, 3.63) is 143 Å². The number of hydrogen-bond acceptors (Lipinski definition) is 4. The molecule has 10 rings (SSSR count). The zero-order valence-corrected chi connectivity index (χ0v) is 27.8. The number of nitrogens with zero attached hydrogens (tertiary/aromatic N) is 1. The Bertz CT molecular complexity index is 2360. The average Bonchev–Trinajstić information content (AvgIpc) is 3.07. The summed E-state index contributed by atoms with van der Waals surface area (Å²) >= 11 is 0. The second kappa shape index (κ2) is 9.35. The van der Waals surface area contributed by atoms with Crippen LogP contribution in [0.2, 0.25) is 0 Å². The summed E-state index contributed by atoms with van der Waals surface area (Å²) in [7, 11) is 0. The second-order valence-electron chi connectivity index (χ2n) is 14.8. The van der Waals surface area contributed by atoms with Gasteiger partial charge in [0.05, 0.1) is 0 Å². The van der Waals surface area contributed by atoms with Gasteiger partial charge in [0.15, 0.2) is 0 Å². The maximum atomic E-state index is 6.75. The first-order chi connectivity index (χ1) is 23.2. The number of benzene rings is 6. The van der Waals surface area contributed by atoms with Gasteiger partial charge in [-0.25, -0.2) is 0 Å². The lowest BCUT2D eigenvalue weighted by molar-refractivity contribution is 0.418. The van der Waals surface area contributed by atoms with Crippen LogP contribution in [0.1, 0.15) is 55.5 Å². The first-order valence-electron chi connectivity index (χ1n) is 16.9. The number of aryl methyl sites for hydroxylation is 1. The number of nitrogens with one attached hydrogen (secondary N) is 1. The Hall–Kier alpha value is -5.42. The molecule has 0 fully saturated rings. The van der Waals surface area contributed by atoms with Crippen LogP contribution in [0.5, 0.6) is 23.0 Å². The first-order valence-corrected chi connectivity index (χ1v) is 16.9. The van der Waals surface area contributed by atoms with Crippen LogP contribution in [-0.2, 0) is 10.8 Å². The van der Waals surface area contributed by atoms with E-state index in [0.29, 0.717) is 0 Å². The van der Waals surface area contributed by atoms with Crippen molar-refractivity contribution in [2.24, 2.45) is 0 Å². The Kier molecular flexibility index (Phi) is 5.39. The molecule has 0 aliphatic carbocycles. The molecule has 4 aliphatic heterocycles. The fourth-order valence-corrected chi connectivity index (χ4v) is 8.75. The van der Waals surface area contributed by atoms with E-state index in [1.165, 1.54) is 55.6 Å². The van der Waals surface area contributed by atoms with E-state index in [4.69, 9.17) is 9.47 Å². The Balaban J connectivity index is 1.26. The molecule has 4 aliphatic rings. The molecular formula is C43H35BN2O2. The molecule has 4 heterocycles. The summed E-state index contributed by atoms with van der Waals surface area (Å²) in [6.07, 6.45) is 0. The van der Waals surface area contributed by atoms with Gasteiger partial charge in [-0.3, -0.25) is 0 Å². The monoisotopic (exact) mass is 622 g/mol. The first kappa shape index (κ1) is 27.7. The minimum absolute atomic E-state index is 0.0230. The molecule has 0 saturated carbocycles. The number of ether oxygens (including phenoxy) is 2. The minimum Gasteiger partial charge on any atom is -0.457 e. The smallest absolute Gasteiger partial charge is 0.252 e. The molecule has 0 bridgehead atoms. The molecule has 0 unspecified atom stereocenters. The van der Waals surface area contributed by atoms with Gasteiger partial charge >= 0.3 is 0 Å². The summed E-state index contributed by atoms with van der Waals surface area (Å²) in [6, 6.07) is 41.7. The predicted octanol–water partition coefficient (Wildman–Crippen LogP) is 9.21. The molecule has 0 saturated heterocycles. The van der Waals surface area contributed by atoms with E-state index in [1.807, 2.05) is 0 Å². The summed E-state index contributed by atoms with van der Waals surface area (Å²) in [4.78, 5) is 2.45. The lowest BCUT2D eigenvalue weighted by Gasteiger charge is -2.43. The third-order valence-corrected chi connectivity index (χ3v) is 11.2. The van der Waals surface area contributed by atoms with Crippen LogP contribution in [-0.4, -0.2) is 6.71 Å². The number of fused-ring (bicyclic) bond motifs is 8. The van der Waals surface area contributed by atoms with E-state index < -0.39 is 0 Å². The molecule has 4 nitrogen and oxygen atoms in total. The summed E-state index contributed by atoms with van der Waals surface area (Å²) in [5.41, 5.74) is 15.1. The Morgan fingerprint density at radius 3 is 1.79 bits per heavy atom. The molecule has 0 aromatic heterocycles. The quantitative estimate of drug-likeness (QED) is 0.185. The highest BCUT2D eigenvalue weighted by atomic mass is 16.5. The highest BCUT2D eigenvalue weighted by molar-refractivity contribution is 7.00. The molecule has 0 spiro atoms. The average molecular weight is 623 g/mol. The van der Waals surface area contributed by atoms with Gasteiger partial charge in [-0.05, 0) is 89.5 Å². The topological polar surface area (TPSA) is 33.7 Å². The number of anilines is 5. The van der Waals surface area contributed by atoms with Crippen LogP contribution in [0.15, 0.2) is 115 Å². The molecule has 0 amide bonds. The molecule has 0 atom stereocenters. The summed E-state index contributed by atoms with van der Waals surface area (Å²) < 4.78 is 13.5. The van der Waals surface area contributed by atoms with E-state index in [2.05, 4.69) is 160 Å². The van der Waals surface area contributed by atoms with Crippen LogP contribution in [0, 0.1) is 6.92 Å². The number of rotatable bonds is 1. The van der Waals surface area contributed by atoms with Crippen LogP contribution >= 0.6 is 0 Å². The standard InChI is InChI=1S/C43H35BN2O2/c1-25-19-34-41-36(20-25)46(26-13-7-6-8-14-26)35-22-30-40(48-38-18-12-10-16-28(38)43(30,4)5)24-32(35)44(41)31-23-39-29(21-33(31)45-34)42(2,3)27-15-9-11-17-37(27)47-39/h6-24,45H,1-5H3. The lowest BCUT2D eigenvalue weighted by Crippen LogP contribution is -2.60. The van der Waals surface area contributed by atoms with Crippen LogP contribution < -0.4 is 36.1 Å². The highest BCUT2D eigenvalue weighted by Crippen LogP contribution is 2.52. The van der Waals surface area contributed by atoms with Crippen molar-refractivity contribution in [2.45, 2.75) is 45.4 Å². The maximum Gasteiger partial charge on any atom is 0.252 e.